The first kappa shape index (κ1) is 20.5. The first-order valence-electron chi connectivity index (χ1n) is 9.86. The van der Waals surface area contributed by atoms with Crippen molar-refractivity contribution in [2.45, 2.75) is 45.3 Å². The third kappa shape index (κ3) is 4.23. The van der Waals surface area contributed by atoms with E-state index < -0.39 is 17.5 Å². The number of rotatable bonds is 3. The summed E-state index contributed by atoms with van der Waals surface area (Å²) in [6, 6.07) is 1.10. The molecular weight excluding hydrogens is 409 g/mol. The van der Waals surface area contributed by atoms with Crippen LogP contribution in [0.5, 0.6) is 0 Å². The second-order valence-electron chi connectivity index (χ2n) is 8.38. The highest BCUT2D eigenvalue weighted by molar-refractivity contribution is 7.13. The molecule has 2 aliphatic rings. The van der Waals surface area contributed by atoms with E-state index in [1.807, 2.05) is 10.3 Å². The number of anilines is 3. The van der Waals surface area contributed by atoms with Crippen LogP contribution in [0.4, 0.5) is 26.0 Å². The number of hydrogen-bond acceptors (Lipinski definition) is 8. The summed E-state index contributed by atoms with van der Waals surface area (Å²) in [6.45, 7) is 6.81. The van der Waals surface area contributed by atoms with Gasteiger partial charge in [0, 0.05) is 37.6 Å². The smallest absolute Gasteiger partial charge is 0.407 e. The van der Waals surface area contributed by atoms with Gasteiger partial charge in [0.1, 0.15) is 11.4 Å². The highest BCUT2D eigenvalue weighted by Crippen LogP contribution is 2.36. The van der Waals surface area contributed by atoms with E-state index in [-0.39, 0.29) is 23.2 Å². The number of Topliss-reactive ketones (excluding diaryl/α,β-unsaturated/α-hetero) is 1. The van der Waals surface area contributed by atoms with Crippen molar-refractivity contribution in [2.75, 3.05) is 29.4 Å². The molecule has 1 unspecified atom stereocenters. The number of carbonyl (C=O) groups is 2. The van der Waals surface area contributed by atoms with Crippen molar-refractivity contribution in [2.24, 2.45) is 0 Å². The average molecular weight is 434 g/mol. The standard InChI is InChI=1S/C20H24FN5O3S/c1-20(2,3)29-19(28)23-12-4-7-25(11-12)17-14(21)10-13-15(27)5-8-26(16(13)24-17)18-22-6-9-30-18/h6,9-10,12H,4-5,7-8,11H2,1-3H3,(H,23,28). The van der Waals surface area contributed by atoms with Gasteiger partial charge in [-0.25, -0.2) is 19.2 Å². The minimum absolute atomic E-state index is 0.123. The molecule has 1 amide bonds. The summed E-state index contributed by atoms with van der Waals surface area (Å²) >= 11 is 1.44. The Morgan fingerprint density at radius 1 is 1.33 bits per heavy atom. The lowest BCUT2D eigenvalue weighted by atomic mass is 10.0. The zero-order valence-electron chi connectivity index (χ0n) is 17.1. The van der Waals surface area contributed by atoms with E-state index in [0.29, 0.717) is 38.3 Å². The lowest BCUT2D eigenvalue weighted by Crippen LogP contribution is -2.40. The normalized spacial score (nSPS) is 19.1. The molecule has 30 heavy (non-hydrogen) atoms. The van der Waals surface area contributed by atoms with Crippen LogP contribution in [0.3, 0.4) is 0 Å². The molecule has 0 bridgehead atoms. The van der Waals surface area contributed by atoms with Crippen LogP contribution in [0.2, 0.25) is 0 Å². The number of hydrogen-bond donors (Lipinski definition) is 1. The average Bonchev–Trinajstić information content (AvgIpc) is 3.32. The Labute approximate surface area is 178 Å². The maximum atomic E-state index is 14.9. The molecule has 0 radical (unpaired) electrons. The highest BCUT2D eigenvalue weighted by Gasteiger charge is 2.33. The number of aromatic nitrogens is 2. The lowest BCUT2D eigenvalue weighted by Gasteiger charge is -2.29. The molecule has 1 N–H and O–H groups in total. The largest absolute Gasteiger partial charge is 0.444 e. The number of pyridine rings is 1. The van der Waals surface area contributed by atoms with Crippen molar-refractivity contribution in [1.29, 1.82) is 0 Å². The Balaban J connectivity index is 1.55. The first-order valence-corrected chi connectivity index (χ1v) is 10.7. The van der Waals surface area contributed by atoms with Gasteiger partial charge in [0.15, 0.2) is 22.5 Å². The molecule has 4 heterocycles. The number of nitrogens with one attached hydrogen (secondary N) is 1. The zero-order valence-corrected chi connectivity index (χ0v) is 18.0. The van der Waals surface area contributed by atoms with Gasteiger partial charge in [-0.2, -0.15) is 0 Å². The third-order valence-electron chi connectivity index (χ3n) is 4.91. The quantitative estimate of drug-likeness (QED) is 0.793. The van der Waals surface area contributed by atoms with Gasteiger partial charge in [0.2, 0.25) is 0 Å². The Bertz CT molecular complexity index is 960. The molecule has 2 aromatic rings. The van der Waals surface area contributed by atoms with E-state index in [0.717, 1.165) is 5.13 Å². The Morgan fingerprint density at radius 3 is 2.83 bits per heavy atom. The molecule has 2 aromatic heterocycles. The van der Waals surface area contributed by atoms with Gasteiger partial charge in [-0.1, -0.05) is 0 Å². The number of carbonyl (C=O) groups excluding carboxylic acids is 2. The van der Waals surface area contributed by atoms with Crippen molar-refractivity contribution >= 4 is 40.0 Å². The maximum Gasteiger partial charge on any atom is 0.407 e. The van der Waals surface area contributed by atoms with Gasteiger partial charge in [0.25, 0.3) is 0 Å². The first-order chi connectivity index (χ1) is 14.2. The van der Waals surface area contributed by atoms with Crippen LogP contribution >= 0.6 is 11.3 Å². The number of halogens is 1. The second kappa shape index (κ2) is 7.82. The third-order valence-corrected chi connectivity index (χ3v) is 5.71. The van der Waals surface area contributed by atoms with Crippen LogP contribution in [0.1, 0.15) is 44.0 Å². The summed E-state index contributed by atoms with van der Waals surface area (Å²) in [6.07, 6.45) is 2.13. The van der Waals surface area contributed by atoms with Crippen molar-refractivity contribution < 1.29 is 18.7 Å². The zero-order chi connectivity index (χ0) is 21.5. The fourth-order valence-corrected chi connectivity index (χ4v) is 4.31. The highest BCUT2D eigenvalue weighted by atomic mass is 32.1. The summed E-state index contributed by atoms with van der Waals surface area (Å²) in [5, 5.41) is 5.40. The van der Waals surface area contributed by atoms with Crippen LogP contribution in [0.25, 0.3) is 0 Å². The predicted molar refractivity (Wildman–Crippen MR) is 112 cm³/mol. The molecular formula is C20H24FN5O3S. The monoisotopic (exact) mass is 433 g/mol. The van der Waals surface area contributed by atoms with Crippen LogP contribution < -0.4 is 15.1 Å². The molecule has 0 aromatic carbocycles. The fourth-order valence-electron chi connectivity index (χ4n) is 3.64. The summed E-state index contributed by atoms with van der Waals surface area (Å²) < 4.78 is 20.2. The number of fused-ring (bicyclic) bond motifs is 1. The molecule has 8 nitrogen and oxygen atoms in total. The van der Waals surface area contributed by atoms with Crippen LogP contribution in [0.15, 0.2) is 17.6 Å². The van der Waals surface area contributed by atoms with Crippen molar-refractivity contribution in [3.63, 3.8) is 0 Å². The lowest BCUT2D eigenvalue weighted by molar-refractivity contribution is 0.0509. The summed E-state index contributed by atoms with van der Waals surface area (Å²) in [7, 11) is 0. The Hall–Kier alpha value is -2.75. The fraction of sp³-hybridized carbons (Fsp3) is 0.500. The maximum absolute atomic E-state index is 14.9. The number of ketones is 1. The van der Waals surface area contributed by atoms with Gasteiger partial charge in [-0.15, -0.1) is 11.3 Å². The van der Waals surface area contributed by atoms with Gasteiger partial charge < -0.3 is 19.9 Å². The van der Waals surface area contributed by atoms with E-state index in [1.54, 1.807) is 31.9 Å². The Kier molecular flexibility index (Phi) is 5.35. The van der Waals surface area contributed by atoms with E-state index >= 15 is 0 Å². The number of ether oxygens (including phenoxy) is 1. The number of amides is 1. The van der Waals surface area contributed by atoms with Gasteiger partial charge in [-0.3, -0.25) is 4.79 Å². The molecule has 160 valence electrons. The summed E-state index contributed by atoms with van der Waals surface area (Å²) in [5.74, 6) is -0.0534. The number of nitrogens with zero attached hydrogens (tertiary/aromatic N) is 4. The molecule has 0 aliphatic carbocycles. The number of alkyl carbamates (subject to hydrolysis) is 1. The van der Waals surface area contributed by atoms with Crippen molar-refractivity contribution in [1.82, 2.24) is 15.3 Å². The molecule has 4 rings (SSSR count). The minimum atomic E-state index is -0.583. The molecule has 0 saturated carbocycles. The van der Waals surface area contributed by atoms with E-state index in [2.05, 4.69) is 15.3 Å². The summed E-state index contributed by atoms with van der Waals surface area (Å²) in [5.41, 5.74) is -0.305. The molecule has 2 aliphatic heterocycles. The molecule has 1 fully saturated rings. The van der Waals surface area contributed by atoms with E-state index in [1.165, 1.54) is 17.4 Å². The molecule has 0 spiro atoms. The molecule has 1 atom stereocenters. The van der Waals surface area contributed by atoms with Crippen LogP contribution in [-0.2, 0) is 4.74 Å². The van der Waals surface area contributed by atoms with Gasteiger partial charge >= 0.3 is 6.09 Å². The molecule has 1 saturated heterocycles. The van der Waals surface area contributed by atoms with Crippen LogP contribution in [0, 0.1) is 5.82 Å². The Morgan fingerprint density at radius 2 is 2.13 bits per heavy atom. The van der Waals surface area contributed by atoms with Gasteiger partial charge in [0.05, 0.1) is 11.6 Å². The van der Waals surface area contributed by atoms with E-state index in [4.69, 9.17) is 4.74 Å². The summed E-state index contributed by atoms with van der Waals surface area (Å²) in [4.78, 5) is 36.9. The number of thiazole rings is 1. The molecule has 10 heteroatoms. The minimum Gasteiger partial charge on any atom is -0.444 e. The van der Waals surface area contributed by atoms with E-state index in [9.17, 15) is 14.0 Å². The van der Waals surface area contributed by atoms with Crippen LogP contribution in [-0.4, -0.2) is 53.1 Å². The SMILES string of the molecule is CC(C)(C)OC(=O)NC1CCN(c2nc3c(cc2F)C(=O)CCN3c2nccs2)C1. The second-order valence-corrected chi connectivity index (χ2v) is 9.26. The predicted octanol–water partition coefficient (Wildman–Crippen LogP) is 3.51. The van der Waals surface area contributed by atoms with Crippen molar-refractivity contribution in [3.8, 4) is 0 Å². The topological polar surface area (TPSA) is 87.7 Å². The van der Waals surface area contributed by atoms with Crippen molar-refractivity contribution in [3.05, 3.63) is 29.0 Å². The van der Waals surface area contributed by atoms with Gasteiger partial charge in [-0.05, 0) is 33.3 Å².